The number of amides is 2. The van der Waals surface area contributed by atoms with E-state index in [1.165, 1.54) is 12.1 Å². The standard InChI is InChI=1S/C7H16N4O2/c1-3-4-11(8)6(5-12)10-7(13)9-2/h5-6H,3-4,8H2,1-2H3,(H2,9,10,13). The van der Waals surface area contributed by atoms with E-state index in [0.29, 0.717) is 12.8 Å². The van der Waals surface area contributed by atoms with E-state index >= 15 is 0 Å². The Morgan fingerprint density at radius 2 is 2.31 bits per heavy atom. The highest BCUT2D eigenvalue weighted by atomic mass is 16.2. The minimum Gasteiger partial charge on any atom is -0.341 e. The normalized spacial score (nSPS) is 12.3. The predicted molar refractivity (Wildman–Crippen MR) is 48.6 cm³/mol. The minimum absolute atomic E-state index is 0.427. The summed E-state index contributed by atoms with van der Waals surface area (Å²) in [5, 5.41) is 6.00. The third-order valence-electron chi connectivity index (χ3n) is 1.47. The van der Waals surface area contributed by atoms with Crippen molar-refractivity contribution in [2.45, 2.75) is 19.5 Å². The first-order chi connectivity index (χ1) is 6.15. The number of urea groups is 1. The molecule has 0 aromatic rings. The van der Waals surface area contributed by atoms with E-state index in [9.17, 15) is 9.59 Å². The molecule has 0 aliphatic rings. The van der Waals surface area contributed by atoms with Crippen molar-refractivity contribution in [2.24, 2.45) is 5.84 Å². The molecule has 0 spiro atoms. The fraction of sp³-hybridized carbons (Fsp3) is 0.714. The smallest absolute Gasteiger partial charge is 0.316 e. The Morgan fingerprint density at radius 1 is 1.69 bits per heavy atom. The number of rotatable bonds is 5. The van der Waals surface area contributed by atoms with Gasteiger partial charge in [-0.1, -0.05) is 6.92 Å². The fourth-order valence-corrected chi connectivity index (χ4v) is 0.799. The molecular weight excluding hydrogens is 172 g/mol. The number of nitrogens with two attached hydrogens (primary N) is 1. The van der Waals surface area contributed by atoms with Gasteiger partial charge in [-0.05, 0) is 6.42 Å². The van der Waals surface area contributed by atoms with Crippen LogP contribution < -0.4 is 16.5 Å². The van der Waals surface area contributed by atoms with Crippen LogP contribution in [0.1, 0.15) is 13.3 Å². The summed E-state index contributed by atoms with van der Waals surface area (Å²) in [6, 6.07) is -0.427. The molecule has 6 heteroatoms. The van der Waals surface area contributed by atoms with Gasteiger partial charge in [0.15, 0.2) is 12.5 Å². The molecule has 1 unspecified atom stereocenters. The number of carbonyl (C=O) groups is 2. The van der Waals surface area contributed by atoms with Gasteiger partial charge in [0, 0.05) is 13.6 Å². The molecule has 13 heavy (non-hydrogen) atoms. The van der Waals surface area contributed by atoms with Crippen LogP contribution in [0.4, 0.5) is 4.79 Å². The first kappa shape index (κ1) is 11.9. The third kappa shape index (κ3) is 4.44. The van der Waals surface area contributed by atoms with Crippen LogP contribution in [0.2, 0.25) is 0 Å². The first-order valence-corrected chi connectivity index (χ1v) is 4.10. The summed E-state index contributed by atoms with van der Waals surface area (Å²) in [4.78, 5) is 21.3. The van der Waals surface area contributed by atoms with Gasteiger partial charge in [0.25, 0.3) is 0 Å². The van der Waals surface area contributed by atoms with Gasteiger partial charge < -0.3 is 10.6 Å². The van der Waals surface area contributed by atoms with E-state index in [2.05, 4.69) is 10.6 Å². The zero-order valence-electron chi connectivity index (χ0n) is 7.91. The van der Waals surface area contributed by atoms with Gasteiger partial charge in [0.1, 0.15) is 0 Å². The van der Waals surface area contributed by atoms with Crippen molar-refractivity contribution >= 4 is 12.3 Å². The molecule has 0 radical (unpaired) electrons. The number of nitrogens with zero attached hydrogens (tertiary/aromatic N) is 1. The molecule has 0 fully saturated rings. The van der Waals surface area contributed by atoms with E-state index in [-0.39, 0.29) is 0 Å². The lowest BCUT2D eigenvalue weighted by Gasteiger charge is -2.22. The molecule has 0 rings (SSSR count). The van der Waals surface area contributed by atoms with Crippen molar-refractivity contribution in [3.05, 3.63) is 0 Å². The van der Waals surface area contributed by atoms with E-state index in [1.54, 1.807) is 0 Å². The molecule has 0 heterocycles. The summed E-state index contributed by atoms with van der Waals surface area (Å²) in [7, 11) is 1.47. The molecule has 6 nitrogen and oxygen atoms in total. The first-order valence-electron chi connectivity index (χ1n) is 4.10. The summed E-state index contributed by atoms with van der Waals surface area (Å²) in [6.07, 6.45) is 0.640. The monoisotopic (exact) mass is 188 g/mol. The van der Waals surface area contributed by atoms with Crippen LogP contribution >= 0.6 is 0 Å². The molecule has 0 aromatic carbocycles. The lowest BCUT2D eigenvalue weighted by molar-refractivity contribution is -0.113. The van der Waals surface area contributed by atoms with Crippen LogP contribution in [0, 0.1) is 0 Å². The van der Waals surface area contributed by atoms with E-state index < -0.39 is 12.2 Å². The topological polar surface area (TPSA) is 87.5 Å². The summed E-state index contributed by atoms with van der Waals surface area (Å²) in [5.41, 5.74) is 0. The van der Waals surface area contributed by atoms with Crippen LogP contribution in [-0.4, -0.2) is 37.1 Å². The Hall–Kier alpha value is -1.14. The van der Waals surface area contributed by atoms with E-state index in [4.69, 9.17) is 5.84 Å². The van der Waals surface area contributed by atoms with Crippen LogP contribution in [0.3, 0.4) is 0 Å². The zero-order chi connectivity index (χ0) is 10.3. The Kier molecular flexibility index (Phi) is 5.82. The summed E-state index contributed by atoms with van der Waals surface area (Å²) >= 11 is 0. The van der Waals surface area contributed by atoms with Gasteiger partial charge in [0.05, 0.1) is 0 Å². The largest absolute Gasteiger partial charge is 0.341 e. The lowest BCUT2D eigenvalue weighted by Crippen LogP contribution is -2.54. The molecule has 0 saturated heterocycles. The maximum atomic E-state index is 10.8. The molecule has 0 bridgehead atoms. The molecule has 0 saturated carbocycles. The van der Waals surface area contributed by atoms with Gasteiger partial charge in [-0.3, -0.25) is 10.6 Å². The van der Waals surface area contributed by atoms with Crippen molar-refractivity contribution in [3.63, 3.8) is 0 Å². The van der Waals surface area contributed by atoms with Gasteiger partial charge in [-0.15, -0.1) is 0 Å². The second kappa shape index (κ2) is 6.38. The summed E-state index contributed by atoms with van der Waals surface area (Å²) in [5.74, 6) is 5.50. The van der Waals surface area contributed by atoms with Crippen LogP contribution in [-0.2, 0) is 4.79 Å². The van der Waals surface area contributed by atoms with Gasteiger partial charge in [0.2, 0.25) is 0 Å². The Balaban J connectivity index is 4.00. The fourth-order valence-electron chi connectivity index (χ4n) is 0.799. The molecule has 76 valence electrons. The highest BCUT2D eigenvalue weighted by Gasteiger charge is 2.14. The Bertz CT molecular complexity index is 174. The Morgan fingerprint density at radius 3 is 2.69 bits per heavy atom. The number of hydrogen-bond acceptors (Lipinski definition) is 4. The predicted octanol–water partition coefficient (Wildman–Crippen LogP) is -0.974. The molecule has 4 N–H and O–H groups in total. The van der Waals surface area contributed by atoms with E-state index in [1.807, 2.05) is 6.92 Å². The second-order valence-electron chi connectivity index (χ2n) is 2.54. The molecule has 0 aliphatic carbocycles. The summed E-state index contributed by atoms with van der Waals surface area (Å²) < 4.78 is 0. The lowest BCUT2D eigenvalue weighted by atomic mass is 10.4. The number of aldehydes is 1. The van der Waals surface area contributed by atoms with Crippen LogP contribution in [0.5, 0.6) is 0 Å². The van der Waals surface area contributed by atoms with Crippen LogP contribution in [0.15, 0.2) is 0 Å². The maximum Gasteiger partial charge on any atom is 0.316 e. The van der Waals surface area contributed by atoms with Crippen molar-refractivity contribution in [1.29, 1.82) is 0 Å². The van der Waals surface area contributed by atoms with Gasteiger partial charge in [-0.25, -0.2) is 9.80 Å². The number of hydrazine groups is 1. The van der Waals surface area contributed by atoms with Gasteiger partial charge in [-0.2, -0.15) is 0 Å². The van der Waals surface area contributed by atoms with Crippen LogP contribution in [0.25, 0.3) is 0 Å². The number of hydrogen-bond donors (Lipinski definition) is 3. The van der Waals surface area contributed by atoms with Crippen molar-refractivity contribution in [1.82, 2.24) is 15.6 Å². The molecular formula is C7H16N4O2. The van der Waals surface area contributed by atoms with Crippen molar-refractivity contribution < 1.29 is 9.59 Å². The minimum atomic E-state index is -0.764. The highest BCUT2D eigenvalue weighted by molar-refractivity contribution is 5.77. The second-order valence-corrected chi connectivity index (χ2v) is 2.54. The molecule has 0 aromatic heterocycles. The van der Waals surface area contributed by atoms with Crippen molar-refractivity contribution in [2.75, 3.05) is 13.6 Å². The van der Waals surface area contributed by atoms with E-state index in [0.717, 1.165) is 6.42 Å². The summed E-state index contributed by atoms with van der Waals surface area (Å²) in [6.45, 7) is 2.48. The Labute approximate surface area is 77.4 Å². The molecule has 1 atom stereocenters. The van der Waals surface area contributed by atoms with Gasteiger partial charge >= 0.3 is 6.03 Å². The zero-order valence-corrected chi connectivity index (χ0v) is 7.91. The quantitative estimate of drug-likeness (QED) is 0.224. The average molecular weight is 188 g/mol. The maximum absolute atomic E-state index is 10.8. The number of nitrogens with one attached hydrogen (secondary N) is 2. The van der Waals surface area contributed by atoms with Crippen molar-refractivity contribution in [3.8, 4) is 0 Å². The highest BCUT2D eigenvalue weighted by Crippen LogP contribution is 1.87. The molecule has 2 amide bonds. The molecule has 0 aliphatic heterocycles. The SMILES string of the molecule is CCCN(N)C(C=O)NC(=O)NC. The number of carbonyl (C=O) groups excluding carboxylic acids is 2. The average Bonchev–Trinajstić information content (AvgIpc) is 2.14. The third-order valence-corrected chi connectivity index (χ3v) is 1.47.